The molecule has 4 heteroatoms. The van der Waals surface area contributed by atoms with Gasteiger partial charge in [-0.1, -0.05) is 104 Å². The van der Waals surface area contributed by atoms with Crippen LogP contribution in [0.25, 0.3) is 80.5 Å². The number of aromatic nitrogens is 2. The first-order valence-electron chi connectivity index (χ1n) is 17.9. The number of rotatable bonds is 5. The molecular formula is C48H36N2S2. The van der Waals surface area contributed by atoms with Crippen LogP contribution in [0.15, 0.2) is 146 Å². The smallest absolute Gasteiger partial charge is 0.123 e. The number of hydrogen-bond acceptors (Lipinski definition) is 3. The van der Waals surface area contributed by atoms with E-state index < -0.39 is 0 Å². The molecule has 3 aromatic heterocycles. The maximum absolute atomic E-state index is 4.86. The minimum Gasteiger partial charge on any atom is -0.309 e. The molecule has 0 saturated heterocycles. The second-order valence-corrected chi connectivity index (χ2v) is 16.7. The van der Waals surface area contributed by atoms with E-state index in [4.69, 9.17) is 4.98 Å². The summed E-state index contributed by atoms with van der Waals surface area (Å²) >= 11 is 3.62. The van der Waals surface area contributed by atoms with E-state index in [9.17, 15) is 0 Å². The standard InChI is InChI=1S/C48H36N2S2/c1-29-17-18-30(2)36(23-29)46-28-49-47(52-46)33-12-10-11-31(24-33)44-21-22-45(51-44)32-19-20-42-38(25-32)39-26-37-35-15-8-9-16-40(35)48(3,4)41(37)27-43(39)50(42)34-13-6-5-7-14-34/h5-28H,1-4H3. The minimum atomic E-state index is -0.0597. The van der Waals surface area contributed by atoms with E-state index >= 15 is 0 Å². The maximum atomic E-state index is 4.86. The monoisotopic (exact) mass is 704 g/mol. The Morgan fingerprint density at radius 1 is 0.519 bits per heavy atom. The zero-order valence-corrected chi connectivity index (χ0v) is 31.2. The lowest BCUT2D eigenvalue weighted by Gasteiger charge is -2.21. The quantitative estimate of drug-likeness (QED) is 0.174. The van der Waals surface area contributed by atoms with Crippen molar-refractivity contribution in [2.45, 2.75) is 33.1 Å². The topological polar surface area (TPSA) is 17.8 Å². The van der Waals surface area contributed by atoms with Crippen LogP contribution >= 0.6 is 22.7 Å². The fourth-order valence-corrected chi connectivity index (χ4v) is 10.2. The number of para-hydroxylation sites is 1. The third-order valence-corrected chi connectivity index (χ3v) is 13.2. The first kappa shape index (κ1) is 31.2. The van der Waals surface area contributed by atoms with Gasteiger partial charge in [-0.2, -0.15) is 0 Å². The van der Waals surface area contributed by atoms with Crippen LogP contribution in [0.5, 0.6) is 0 Å². The fourth-order valence-electron chi connectivity index (χ4n) is 8.21. The Kier molecular flexibility index (Phi) is 7.05. The van der Waals surface area contributed by atoms with Crippen molar-refractivity contribution < 1.29 is 0 Å². The van der Waals surface area contributed by atoms with Crippen LogP contribution < -0.4 is 0 Å². The molecule has 250 valence electrons. The van der Waals surface area contributed by atoms with E-state index in [1.807, 2.05) is 17.5 Å². The number of benzene rings is 6. The molecule has 0 fully saturated rings. The van der Waals surface area contributed by atoms with Crippen LogP contribution in [-0.4, -0.2) is 9.55 Å². The Morgan fingerprint density at radius 2 is 1.27 bits per heavy atom. The number of thiazole rings is 1. The van der Waals surface area contributed by atoms with Crippen molar-refractivity contribution in [3.8, 4) is 58.7 Å². The number of fused-ring (bicyclic) bond motifs is 6. The van der Waals surface area contributed by atoms with Gasteiger partial charge >= 0.3 is 0 Å². The van der Waals surface area contributed by atoms with Crippen LogP contribution in [0.4, 0.5) is 0 Å². The highest BCUT2D eigenvalue weighted by atomic mass is 32.1. The molecule has 9 aromatic rings. The third-order valence-electron chi connectivity index (χ3n) is 10.9. The van der Waals surface area contributed by atoms with Crippen molar-refractivity contribution in [2.24, 2.45) is 0 Å². The molecule has 0 unspecified atom stereocenters. The van der Waals surface area contributed by atoms with Crippen LogP contribution in [0.3, 0.4) is 0 Å². The van der Waals surface area contributed by atoms with E-state index in [0.29, 0.717) is 0 Å². The van der Waals surface area contributed by atoms with Crippen molar-refractivity contribution in [2.75, 3.05) is 0 Å². The van der Waals surface area contributed by atoms with Gasteiger partial charge in [-0.15, -0.1) is 22.7 Å². The minimum absolute atomic E-state index is 0.0597. The zero-order chi connectivity index (χ0) is 35.1. The predicted molar refractivity (Wildman–Crippen MR) is 223 cm³/mol. The van der Waals surface area contributed by atoms with Crippen LogP contribution in [-0.2, 0) is 5.41 Å². The van der Waals surface area contributed by atoms with Crippen molar-refractivity contribution in [3.05, 3.63) is 168 Å². The Morgan fingerprint density at radius 3 is 2.12 bits per heavy atom. The lowest BCUT2D eigenvalue weighted by Crippen LogP contribution is -2.14. The average molecular weight is 705 g/mol. The third kappa shape index (κ3) is 4.86. The summed E-state index contributed by atoms with van der Waals surface area (Å²) in [6, 6.07) is 51.7. The lowest BCUT2D eigenvalue weighted by atomic mass is 9.82. The van der Waals surface area contributed by atoms with E-state index in [0.717, 1.165) is 10.6 Å². The van der Waals surface area contributed by atoms with Crippen LogP contribution in [0.1, 0.15) is 36.1 Å². The molecule has 3 heterocycles. The van der Waals surface area contributed by atoms with Gasteiger partial charge in [0.1, 0.15) is 5.01 Å². The predicted octanol–water partition coefficient (Wildman–Crippen LogP) is 13.9. The molecule has 0 bridgehead atoms. The molecular weight excluding hydrogens is 669 g/mol. The SMILES string of the molecule is Cc1ccc(C)c(-c2cnc(-c3cccc(-c4ccc(-c5ccc6c(c5)c5cc7c(cc5n6-c5ccccc5)C(C)(C)c5ccccc5-7)s4)c3)s2)c1. The van der Waals surface area contributed by atoms with Gasteiger partial charge in [-0.05, 0) is 113 Å². The first-order valence-corrected chi connectivity index (χ1v) is 19.5. The summed E-state index contributed by atoms with van der Waals surface area (Å²) in [7, 11) is 0. The summed E-state index contributed by atoms with van der Waals surface area (Å²) in [5.41, 5.74) is 16.5. The molecule has 1 aliphatic carbocycles. The average Bonchev–Trinajstić information content (AvgIpc) is 3.97. The van der Waals surface area contributed by atoms with Gasteiger partial charge in [0.2, 0.25) is 0 Å². The number of thiophene rings is 1. The van der Waals surface area contributed by atoms with Crippen molar-refractivity contribution in [3.63, 3.8) is 0 Å². The highest BCUT2D eigenvalue weighted by molar-refractivity contribution is 7.19. The molecule has 0 saturated carbocycles. The molecule has 52 heavy (non-hydrogen) atoms. The normalized spacial score (nSPS) is 13.2. The van der Waals surface area contributed by atoms with E-state index in [-0.39, 0.29) is 5.41 Å². The zero-order valence-electron chi connectivity index (χ0n) is 29.6. The highest BCUT2D eigenvalue weighted by Gasteiger charge is 2.36. The molecule has 2 nitrogen and oxygen atoms in total. The van der Waals surface area contributed by atoms with Gasteiger partial charge in [0.05, 0.1) is 15.9 Å². The summed E-state index contributed by atoms with van der Waals surface area (Å²) in [6.45, 7) is 9.05. The molecule has 0 aliphatic heterocycles. The Balaban J connectivity index is 1.06. The summed E-state index contributed by atoms with van der Waals surface area (Å²) in [4.78, 5) is 8.59. The summed E-state index contributed by atoms with van der Waals surface area (Å²) in [5, 5.41) is 3.62. The Bertz CT molecular complexity index is 2850. The number of hydrogen-bond donors (Lipinski definition) is 0. The lowest BCUT2D eigenvalue weighted by molar-refractivity contribution is 0.661. The summed E-state index contributed by atoms with van der Waals surface area (Å²) in [6.07, 6.45) is 2.02. The largest absolute Gasteiger partial charge is 0.309 e. The van der Waals surface area contributed by atoms with Crippen molar-refractivity contribution >= 4 is 44.5 Å². The van der Waals surface area contributed by atoms with Crippen LogP contribution in [0, 0.1) is 13.8 Å². The Labute approximate surface area is 312 Å². The Hall–Kier alpha value is -5.55. The van der Waals surface area contributed by atoms with E-state index in [1.54, 1.807) is 11.3 Å². The first-order chi connectivity index (χ1) is 25.3. The molecule has 10 rings (SSSR count). The molecule has 0 amide bonds. The fraction of sp³-hybridized carbons (Fsp3) is 0.104. The van der Waals surface area contributed by atoms with E-state index in [1.165, 1.54) is 92.2 Å². The second-order valence-electron chi connectivity index (χ2n) is 14.6. The number of aryl methyl sites for hydroxylation is 2. The summed E-state index contributed by atoms with van der Waals surface area (Å²) < 4.78 is 2.45. The maximum Gasteiger partial charge on any atom is 0.123 e. The van der Waals surface area contributed by atoms with Gasteiger partial charge in [0.15, 0.2) is 0 Å². The second kappa shape index (κ2) is 11.7. The summed E-state index contributed by atoms with van der Waals surface area (Å²) in [5.74, 6) is 0. The van der Waals surface area contributed by atoms with Crippen molar-refractivity contribution in [1.29, 1.82) is 0 Å². The highest BCUT2D eigenvalue weighted by Crippen LogP contribution is 2.51. The van der Waals surface area contributed by atoms with Gasteiger partial charge in [-0.25, -0.2) is 4.98 Å². The molecule has 6 aromatic carbocycles. The van der Waals surface area contributed by atoms with E-state index in [2.05, 4.69) is 172 Å². The van der Waals surface area contributed by atoms with Crippen LogP contribution in [0.2, 0.25) is 0 Å². The van der Waals surface area contributed by atoms with Gasteiger partial charge in [0, 0.05) is 43.4 Å². The van der Waals surface area contributed by atoms with Gasteiger partial charge < -0.3 is 4.57 Å². The van der Waals surface area contributed by atoms with Gasteiger partial charge in [-0.3, -0.25) is 0 Å². The molecule has 0 spiro atoms. The molecule has 0 radical (unpaired) electrons. The van der Waals surface area contributed by atoms with Gasteiger partial charge in [0.25, 0.3) is 0 Å². The molecule has 0 N–H and O–H groups in total. The molecule has 1 aliphatic rings. The molecule has 0 atom stereocenters. The number of nitrogens with zero attached hydrogens (tertiary/aromatic N) is 2. The van der Waals surface area contributed by atoms with Crippen molar-refractivity contribution in [1.82, 2.24) is 9.55 Å².